The number of rotatable bonds is 6. The van der Waals surface area contributed by atoms with Crippen LogP contribution < -0.4 is 15.4 Å². The largest absolute Gasteiger partial charge is 0.497 e. The number of anilines is 2. The standard InChI is InChI=1S/C21H26N4O4/c1-3-29-21(27)25-12-9-16(10-13-25)23-17-8-11-22-19(14-17)20(26)24-15-4-6-18(28-2)7-5-15/h4-8,11,14,16H,3,9-10,12-13H2,1-2H3,(H,22,23)(H,24,26). The Balaban J connectivity index is 1.55. The van der Waals surface area contributed by atoms with Crippen LogP contribution >= 0.6 is 0 Å². The van der Waals surface area contributed by atoms with E-state index in [4.69, 9.17) is 9.47 Å². The molecule has 1 fully saturated rings. The van der Waals surface area contributed by atoms with Gasteiger partial charge in [0.25, 0.3) is 5.91 Å². The molecule has 0 aliphatic carbocycles. The second-order valence-corrected chi connectivity index (χ2v) is 6.72. The fourth-order valence-electron chi connectivity index (χ4n) is 3.17. The first-order chi connectivity index (χ1) is 14.1. The topological polar surface area (TPSA) is 92.8 Å². The minimum absolute atomic E-state index is 0.223. The van der Waals surface area contributed by atoms with Crippen LogP contribution in [0.3, 0.4) is 0 Å². The van der Waals surface area contributed by atoms with Crippen LogP contribution in [0.5, 0.6) is 5.75 Å². The molecule has 29 heavy (non-hydrogen) atoms. The molecule has 1 aliphatic rings. The first-order valence-electron chi connectivity index (χ1n) is 9.68. The molecule has 3 rings (SSSR count). The highest BCUT2D eigenvalue weighted by atomic mass is 16.6. The van der Waals surface area contributed by atoms with Crippen molar-refractivity contribution < 1.29 is 19.1 Å². The van der Waals surface area contributed by atoms with E-state index in [1.165, 1.54) is 0 Å². The van der Waals surface area contributed by atoms with Gasteiger partial charge >= 0.3 is 6.09 Å². The number of methoxy groups -OCH3 is 1. The number of amides is 2. The van der Waals surface area contributed by atoms with Crippen LogP contribution in [-0.4, -0.2) is 54.7 Å². The maximum absolute atomic E-state index is 12.5. The zero-order valence-electron chi connectivity index (χ0n) is 16.7. The van der Waals surface area contributed by atoms with Gasteiger partial charge in [0, 0.05) is 36.7 Å². The number of benzene rings is 1. The number of carbonyl (C=O) groups excluding carboxylic acids is 2. The molecule has 0 radical (unpaired) electrons. The fourth-order valence-corrected chi connectivity index (χ4v) is 3.17. The highest BCUT2D eigenvalue weighted by Crippen LogP contribution is 2.19. The second-order valence-electron chi connectivity index (χ2n) is 6.72. The van der Waals surface area contributed by atoms with Crippen LogP contribution in [0.15, 0.2) is 42.6 Å². The quantitative estimate of drug-likeness (QED) is 0.775. The molecular weight excluding hydrogens is 372 g/mol. The molecule has 0 bridgehead atoms. The van der Waals surface area contributed by atoms with Crippen LogP contribution in [0.4, 0.5) is 16.2 Å². The number of nitrogens with zero attached hydrogens (tertiary/aromatic N) is 2. The number of nitrogens with one attached hydrogen (secondary N) is 2. The number of ether oxygens (including phenoxy) is 2. The third-order valence-electron chi connectivity index (χ3n) is 4.73. The van der Waals surface area contributed by atoms with Crippen molar-refractivity contribution in [3.8, 4) is 5.75 Å². The predicted molar refractivity (Wildman–Crippen MR) is 110 cm³/mol. The molecule has 1 aromatic carbocycles. The first-order valence-corrected chi connectivity index (χ1v) is 9.68. The molecule has 2 N–H and O–H groups in total. The molecule has 0 saturated carbocycles. The van der Waals surface area contributed by atoms with Gasteiger partial charge in [0.05, 0.1) is 13.7 Å². The highest BCUT2D eigenvalue weighted by Gasteiger charge is 2.23. The number of pyridine rings is 1. The zero-order chi connectivity index (χ0) is 20.6. The van der Waals surface area contributed by atoms with Crippen molar-refractivity contribution in [2.45, 2.75) is 25.8 Å². The van der Waals surface area contributed by atoms with Crippen LogP contribution in [0, 0.1) is 0 Å². The van der Waals surface area contributed by atoms with E-state index in [-0.39, 0.29) is 18.0 Å². The molecular formula is C21H26N4O4. The lowest BCUT2D eigenvalue weighted by Crippen LogP contribution is -2.42. The van der Waals surface area contributed by atoms with Gasteiger partial charge in [0.1, 0.15) is 11.4 Å². The summed E-state index contributed by atoms with van der Waals surface area (Å²) in [4.78, 5) is 30.2. The van der Waals surface area contributed by atoms with E-state index < -0.39 is 0 Å². The smallest absolute Gasteiger partial charge is 0.409 e. The molecule has 8 nitrogen and oxygen atoms in total. The molecule has 8 heteroatoms. The van der Waals surface area contributed by atoms with Gasteiger partial charge < -0.3 is 25.0 Å². The van der Waals surface area contributed by atoms with Crippen LogP contribution in [0.2, 0.25) is 0 Å². The maximum atomic E-state index is 12.5. The third kappa shape index (κ3) is 5.60. The molecule has 2 aromatic rings. The van der Waals surface area contributed by atoms with E-state index in [1.54, 1.807) is 55.5 Å². The molecule has 0 atom stereocenters. The summed E-state index contributed by atoms with van der Waals surface area (Å²) in [5, 5.41) is 6.26. The first kappa shape index (κ1) is 20.4. The molecule has 1 aromatic heterocycles. The lowest BCUT2D eigenvalue weighted by molar-refractivity contribution is 0.0981. The molecule has 2 amide bonds. The Morgan fingerprint density at radius 3 is 2.52 bits per heavy atom. The van der Waals surface area contributed by atoms with Crippen LogP contribution in [0.25, 0.3) is 0 Å². The summed E-state index contributed by atoms with van der Waals surface area (Å²) in [6.45, 7) is 3.48. The Hall–Kier alpha value is -3.29. The number of likely N-dealkylation sites (tertiary alicyclic amines) is 1. The van der Waals surface area contributed by atoms with Crippen molar-refractivity contribution in [1.82, 2.24) is 9.88 Å². The summed E-state index contributed by atoms with van der Waals surface area (Å²) < 4.78 is 10.2. The van der Waals surface area contributed by atoms with E-state index in [1.807, 2.05) is 6.07 Å². The van der Waals surface area contributed by atoms with E-state index in [0.29, 0.717) is 31.1 Å². The number of aromatic nitrogens is 1. The molecule has 1 aliphatic heterocycles. The Kier molecular flexibility index (Phi) is 6.89. The second kappa shape index (κ2) is 9.77. The summed E-state index contributed by atoms with van der Waals surface area (Å²) in [5.74, 6) is 0.442. The Bertz CT molecular complexity index is 833. The Morgan fingerprint density at radius 1 is 1.14 bits per heavy atom. The van der Waals surface area contributed by atoms with Crippen molar-refractivity contribution in [2.75, 3.05) is 37.4 Å². The lowest BCUT2D eigenvalue weighted by Gasteiger charge is -2.32. The molecule has 0 unspecified atom stereocenters. The maximum Gasteiger partial charge on any atom is 0.409 e. The minimum atomic E-state index is -0.282. The number of hydrogen-bond acceptors (Lipinski definition) is 6. The van der Waals surface area contributed by atoms with Gasteiger partial charge in [-0.2, -0.15) is 0 Å². The van der Waals surface area contributed by atoms with Gasteiger partial charge in [-0.1, -0.05) is 0 Å². The van der Waals surface area contributed by atoms with Gasteiger partial charge in [-0.05, 0) is 56.2 Å². The summed E-state index contributed by atoms with van der Waals surface area (Å²) in [7, 11) is 1.59. The fraction of sp³-hybridized carbons (Fsp3) is 0.381. The summed E-state index contributed by atoms with van der Waals surface area (Å²) in [6.07, 6.45) is 2.98. The van der Waals surface area contributed by atoms with Gasteiger partial charge in [-0.15, -0.1) is 0 Å². The van der Waals surface area contributed by atoms with E-state index in [9.17, 15) is 9.59 Å². The molecule has 0 spiro atoms. The van der Waals surface area contributed by atoms with Gasteiger partial charge in [0.15, 0.2) is 0 Å². The van der Waals surface area contributed by atoms with Crippen LogP contribution in [0.1, 0.15) is 30.3 Å². The molecule has 154 valence electrons. The van der Waals surface area contributed by atoms with Crippen molar-refractivity contribution >= 4 is 23.4 Å². The SMILES string of the molecule is CCOC(=O)N1CCC(Nc2ccnc(C(=O)Nc3ccc(OC)cc3)c2)CC1. The normalized spacial score (nSPS) is 14.2. The van der Waals surface area contributed by atoms with E-state index >= 15 is 0 Å². The Labute approximate surface area is 170 Å². The zero-order valence-corrected chi connectivity index (χ0v) is 16.7. The summed E-state index contributed by atoms with van der Waals surface area (Å²) in [6, 6.07) is 10.9. The van der Waals surface area contributed by atoms with Crippen molar-refractivity contribution in [3.63, 3.8) is 0 Å². The predicted octanol–water partition coefficient (Wildman–Crippen LogP) is 3.38. The molecule has 2 heterocycles. The van der Waals surface area contributed by atoms with Gasteiger partial charge in [-0.25, -0.2) is 4.79 Å². The van der Waals surface area contributed by atoms with Crippen molar-refractivity contribution in [1.29, 1.82) is 0 Å². The third-order valence-corrected chi connectivity index (χ3v) is 4.73. The lowest BCUT2D eigenvalue weighted by atomic mass is 10.1. The summed E-state index contributed by atoms with van der Waals surface area (Å²) >= 11 is 0. The summed E-state index contributed by atoms with van der Waals surface area (Å²) in [5.41, 5.74) is 1.83. The average Bonchev–Trinajstić information content (AvgIpc) is 2.75. The number of piperidine rings is 1. The van der Waals surface area contributed by atoms with Crippen molar-refractivity contribution in [3.05, 3.63) is 48.3 Å². The van der Waals surface area contributed by atoms with Gasteiger partial charge in [-0.3, -0.25) is 9.78 Å². The number of hydrogen-bond donors (Lipinski definition) is 2. The molecule has 1 saturated heterocycles. The minimum Gasteiger partial charge on any atom is -0.497 e. The monoisotopic (exact) mass is 398 g/mol. The van der Waals surface area contributed by atoms with Crippen LogP contribution in [-0.2, 0) is 4.74 Å². The van der Waals surface area contributed by atoms with E-state index in [0.717, 1.165) is 24.3 Å². The highest BCUT2D eigenvalue weighted by molar-refractivity contribution is 6.03. The van der Waals surface area contributed by atoms with Crippen molar-refractivity contribution in [2.24, 2.45) is 0 Å². The average molecular weight is 398 g/mol. The number of carbonyl (C=O) groups is 2. The van der Waals surface area contributed by atoms with Gasteiger partial charge in [0.2, 0.25) is 0 Å². The Morgan fingerprint density at radius 2 is 1.86 bits per heavy atom. The van der Waals surface area contributed by atoms with E-state index in [2.05, 4.69) is 15.6 Å².